The van der Waals surface area contributed by atoms with E-state index in [9.17, 15) is 13.2 Å². The van der Waals surface area contributed by atoms with Gasteiger partial charge in [-0.1, -0.05) is 11.6 Å². The molecule has 0 atom stereocenters. The van der Waals surface area contributed by atoms with Gasteiger partial charge in [0, 0.05) is 25.6 Å². The normalized spacial score (nSPS) is 11.6. The van der Waals surface area contributed by atoms with Crippen LogP contribution in [0, 0.1) is 0 Å². The van der Waals surface area contributed by atoms with Crippen molar-refractivity contribution in [1.82, 2.24) is 14.5 Å². The number of rotatable bonds is 3. The van der Waals surface area contributed by atoms with Crippen molar-refractivity contribution in [3.63, 3.8) is 0 Å². The van der Waals surface area contributed by atoms with Gasteiger partial charge in [-0.3, -0.25) is 0 Å². The first kappa shape index (κ1) is 13.7. The molecule has 0 saturated heterocycles. The Morgan fingerprint density at radius 1 is 1.37 bits per heavy atom. The van der Waals surface area contributed by atoms with Crippen LogP contribution in [-0.4, -0.2) is 14.5 Å². The van der Waals surface area contributed by atoms with E-state index in [2.05, 4.69) is 15.3 Å². The van der Waals surface area contributed by atoms with Crippen LogP contribution in [0.15, 0.2) is 24.7 Å². The van der Waals surface area contributed by atoms with E-state index < -0.39 is 11.7 Å². The summed E-state index contributed by atoms with van der Waals surface area (Å²) >= 11 is 5.76. The Kier molecular flexibility index (Phi) is 3.66. The zero-order chi connectivity index (χ0) is 14.0. The van der Waals surface area contributed by atoms with Gasteiger partial charge in [-0.25, -0.2) is 9.97 Å². The summed E-state index contributed by atoms with van der Waals surface area (Å²) < 4.78 is 39.1. The molecule has 0 spiro atoms. The Hall–Kier alpha value is -1.76. The Morgan fingerprint density at radius 3 is 2.63 bits per heavy atom. The summed E-state index contributed by atoms with van der Waals surface area (Å²) in [5.41, 5.74) is -0.875. The summed E-state index contributed by atoms with van der Waals surface area (Å²) in [6, 6.07) is 0.843. The number of halogens is 4. The summed E-state index contributed by atoms with van der Waals surface area (Å²) in [4.78, 5) is 7.74. The van der Waals surface area contributed by atoms with Gasteiger partial charge in [0.25, 0.3) is 0 Å². The minimum atomic E-state index is -4.45. The van der Waals surface area contributed by atoms with Crippen molar-refractivity contribution in [3.8, 4) is 0 Å². The maximum Gasteiger partial charge on any atom is 0.417 e. The molecule has 8 heteroatoms. The second-order valence-electron chi connectivity index (χ2n) is 3.86. The van der Waals surface area contributed by atoms with Gasteiger partial charge in [-0.05, 0) is 6.07 Å². The molecule has 0 aromatic carbocycles. The van der Waals surface area contributed by atoms with Gasteiger partial charge in [0.15, 0.2) is 0 Å². The number of aryl methyl sites for hydroxylation is 1. The number of aromatic nitrogens is 3. The van der Waals surface area contributed by atoms with Crippen molar-refractivity contribution < 1.29 is 13.2 Å². The van der Waals surface area contributed by atoms with Crippen LogP contribution in [0.5, 0.6) is 0 Å². The lowest BCUT2D eigenvalue weighted by Gasteiger charge is -2.10. The second-order valence-corrected chi connectivity index (χ2v) is 4.27. The largest absolute Gasteiger partial charge is 0.417 e. The second kappa shape index (κ2) is 5.08. The number of nitrogens with zero attached hydrogens (tertiary/aromatic N) is 3. The highest BCUT2D eigenvalue weighted by Crippen LogP contribution is 2.32. The highest BCUT2D eigenvalue weighted by molar-refractivity contribution is 6.32. The predicted octanol–water partition coefficient (Wildman–Crippen LogP) is 3.10. The van der Waals surface area contributed by atoms with Crippen LogP contribution in [0.25, 0.3) is 0 Å². The topological polar surface area (TPSA) is 42.7 Å². The molecule has 102 valence electrons. The Bertz CT molecular complexity index is 580. The molecule has 0 unspecified atom stereocenters. The van der Waals surface area contributed by atoms with Crippen molar-refractivity contribution in [2.75, 3.05) is 5.32 Å². The first-order chi connectivity index (χ1) is 8.88. The van der Waals surface area contributed by atoms with Crippen LogP contribution < -0.4 is 5.32 Å². The fourth-order valence-corrected chi connectivity index (χ4v) is 1.69. The molecule has 4 nitrogen and oxygen atoms in total. The number of nitrogens with one attached hydrogen (secondary N) is 1. The fraction of sp³-hybridized carbons (Fsp3) is 0.273. The number of hydrogen-bond donors (Lipinski definition) is 1. The third-order valence-corrected chi connectivity index (χ3v) is 2.79. The molecule has 0 fully saturated rings. The molecule has 2 heterocycles. The van der Waals surface area contributed by atoms with Gasteiger partial charge in [-0.15, -0.1) is 0 Å². The summed E-state index contributed by atoms with van der Waals surface area (Å²) in [7, 11) is 1.81. The standard InChI is InChI=1S/C11H10ClF3N4/c1-19-3-2-16-9(19)6-18-10-8(12)4-7(5-17-10)11(13,14)15/h2-5H,6H2,1H3,(H,17,18). The van der Waals surface area contributed by atoms with Gasteiger partial charge in [-0.2, -0.15) is 13.2 Å². The van der Waals surface area contributed by atoms with Crippen LogP contribution in [0.2, 0.25) is 5.02 Å². The first-order valence-electron chi connectivity index (χ1n) is 5.31. The van der Waals surface area contributed by atoms with Crippen LogP contribution >= 0.6 is 11.6 Å². The van der Waals surface area contributed by atoms with Crippen LogP contribution in [0.3, 0.4) is 0 Å². The molecule has 2 rings (SSSR count). The lowest BCUT2D eigenvalue weighted by atomic mass is 10.3. The number of anilines is 1. The van der Waals surface area contributed by atoms with E-state index in [4.69, 9.17) is 11.6 Å². The monoisotopic (exact) mass is 290 g/mol. The number of pyridine rings is 1. The fourth-order valence-electron chi connectivity index (χ4n) is 1.45. The molecule has 0 bridgehead atoms. The van der Waals surface area contributed by atoms with E-state index in [1.807, 2.05) is 7.05 Å². The Balaban J connectivity index is 2.12. The molecule has 0 amide bonds. The molecule has 2 aromatic heterocycles. The van der Waals surface area contributed by atoms with Crippen LogP contribution in [0.4, 0.5) is 19.0 Å². The third kappa shape index (κ3) is 3.17. The lowest BCUT2D eigenvalue weighted by molar-refractivity contribution is -0.137. The molecule has 19 heavy (non-hydrogen) atoms. The summed E-state index contributed by atoms with van der Waals surface area (Å²) in [6.07, 6.45) is -0.320. The van der Waals surface area contributed by atoms with Crippen LogP contribution in [0.1, 0.15) is 11.4 Å². The Labute approximate surface area is 112 Å². The van der Waals surface area contributed by atoms with E-state index in [1.165, 1.54) is 0 Å². The zero-order valence-corrected chi connectivity index (χ0v) is 10.6. The molecular weight excluding hydrogens is 281 g/mol. The van der Waals surface area contributed by atoms with Crippen molar-refractivity contribution in [2.24, 2.45) is 7.05 Å². The van der Waals surface area contributed by atoms with E-state index in [-0.39, 0.29) is 10.8 Å². The van der Waals surface area contributed by atoms with Gasteiger partial charge in [0.2, 0.25) is 0 Å². The molecule has 2 aromatic rings. The van der Waals surface area contributed by atoms with Crippen molar-refractivity contribution >= 4 is 17.4 Å². The molecule has 0 aliphatic carbocycles. The predicted molar refractivity (Wildman–Crippen MR) is 64.8 cm³/mol. The lowest BCUT2D eigenvalue weighted by Crippen LogP contribution is -2.09. The van der Waals surface area contributed by atoms with Gasteiger partial charge < -0.3 is 9.88 Å². The highest BCUT2D eigenvalue weighted by atomic mass is 35.5. The summed E-state index contributed by atoms with van der Waals surface area (Å²) in [5.74, 6) is 0.912. The highest BCUT2D eigenvalue weighted by Gasteiger charge is 2.31. The zero-order valence-electron chi connectivity index (χ0n) is 9.87. The minimum absolute atomic E-state index is 0.0796. The van der Waals surface area contributed by atoms with Crippen LogP contribution in [-0.2, 0) is 19.8 Å². The first-order valence-corrected chi connectivity index (χ1v) is 5.68. The van der Waals surface area contributed by atoms with Crippen molar-refractivity contribution in [1.29, 1.82) is 0 Å². The maximum absolute atomic E-state index is 12.4. The maximum atomic E-state index is 12.4. The number of alkyl halides is 3. The average Bonchev–Trinajstić information content (AvgIpc) is 2.72. The molecule has 0 saturated carbocycles. The number of hydrogen-bond acceptors (Lipinski definition) is 3. The summed E-state index contributed by atoms with van der Waals surface area (Å²) in [6.45, 7) is 0.321. The van der Waals surface area contributed by atoms with E-state index in [0.717, 1.165) is 18.1 Å². The molecule has 0 aliphatic rings. The smallest absolute Gasteiger partial charge is 0.362 e. The average molecular weight is 291 g/mol. The summed E-state index contributed by atoms with van der Waals surface area (Å²) in [5, 5.41) is 2.76. The van der Waals surface area contributed by atoms with E-state index in [1.54, 1.807) is 17.0 Å². The van der Waals surface area contributed by atoms with Gasteiger partial charge in [0.1, 0.15) is 11.6 Å². The van der Waals surface area contributed by atoms with Gasteiger partial charge >= 0.3 is 6.18 Å². The van der Waals surface area contributed by atoms with Crippen molar-refractivity contribution in [3.05, 3.63) is 41.1 Å². The number of imidazole rings is 1. The Morgan fingerprint density at radius 2 is 2.11 bits per heavy atom. The molecule has 1 N–H and O–H groups in total. The van der Waals surface area contributed by atoms with Gasteiger partial charge in [0.05, 0.1) is 17.1 Å². The quantitative estimate of drug-likeness (QED) is 0.944. The minimum Gasteiger partial charge on any atom is -0.362 e. The molecule has 0 aliphatic heterocycles. The molecular formula is C11H10ClF3N4. The SMILES string of the molecule is Cn1ccnc1CNc1ncc(C(F)(F)F)cc1Cl. The van der Waals surface area contributed by atoms with Crippen molar-refractivity contribution in [2.45, 2.75) is 12.7 Å². The third-order valence-electron chi connectivity index (χ3n) is 2.50. The van der Waals surface area contributed by atoms with E-state index in [0.29, 0.717) is 6.54 Å². The molecule has 0 radical (unpaired) electrons. The van der Waals surface area contributed by atoms with E-state index >= 15 is 0 Å².